The summed E-state index contributed by atoms with van der Waals surface area (Å²) in [5.41, 5.74) is 4.45. The van der Waals surface area contributed by atoms with Crippen LogP contribution in [0.1, 0.15) is 27.0 Å². The number of rotatable bonds is 5. The fourth-order valence-electron chi connectivity index (χ4n) is 2.75. The zero-order valence-electron chi connectivity index (χ0n) is 14.8. The second kappa shape index (κ2) is 8.07. The van der Waals surface area contributed by atoms with Crippen LogP contribution in [-0.4, -0.2) is 5.91 Å². The minimum Gasteiger partial charge on any atom is -0.489 e. The molecule has 1 amide bonds. The molecule has 0 radical (unpaired) electrons. The van der Waals surface area contributed by atoms with Crippen molar-refractivity contribution in [1.82, 2.24) is 0 Å². The Hall–Kier alpha value is -2.78. The molecule has 3 rings (SSSR count). The minimum absolute atomic E-state index is 0.168. The van der Waals surface area contributed by atoms with Crippen LogP contribution in [0.4, 0.5) is 5.69 Å². The molecular formula is C22H20ClNO2. The van der Waals surface area contributed by atoms with Crippen LogP contribution in [-0.2, 0) is 6.61 Å². The van der Waals surface area contributed by atoms with Crippen LogP contribution < -0.4 is 10.1 Å². The summed E-state index contributed by atoms with van der Waals surface area (Å²) in [5.74, 6) is 0.455. The van der Waals surface area contributed by atoms with Crippen molar-refractivity contribution in [2.75, 3.05) is 5.32 Å². The van der Waals surface area contributed by atoms with E-state index >= 15 is 0 Å². The van der Waals surface area contributed by atoms with E-state index in [0.717, 1.165) is 22.4 Å². The highest BCUT2D eigenvalue weighted by molar-refractivity contribution is 6.31. The molecule has 0 aliphatic carbocycles. The summed E-state index contributed by atoms with van der Waals surface area (Å²) in [7, 11) is 0. The average molecular weight is 366 g/mol. The van der Waals surface area contributed by atoms with Crippen molar-refractivity contribution in [3.63, 3.8) is 0 Å². The zero-order valence-corrected chi connectivity index (χ0v) is 15.5. The van der Waals surface area contributed by atoms with Gasteiger partial charge in [-0.1, -0.05) is 41.9 Å². The van der Waals surface area contributed by atoms with E-state index < -0.39 is 0 Å². The molecule has 0 unspecified atom stereocenters. The molecule has 1 N–H and O–H groups in total. The van der Waals surface area contributed by atoms with Crippen LogP contribution >= 0.6 is 11.6 Å². The maximum absolute atomic E-state index is 12.5. The summed E-state index contributed by atoms with van der Waals surface area (Å²) in [6, 6.07) is 20.6. The monoisotopic (exact) mass is 365 g/mol. The third kappa shape index (κ3) is 4.64. The van der Waals surface area contributed by atoms with Gasteiger partial charge in [0.2, 0.25) is 0 Å². The highest BCUT2D eigenvalue weighted by Crippen LogP contribution is 2.20. The van der Waals surface area contributed by atoms with Crippen LogP contribution in [0.2, 0.25) is 5.02 Å². The highest BCUT2D eigenvalue weighted by atomic mass is 35.5. The summed E-state index contributed by atoms with van der Waals surface area (Å²) < 4.78 is 5.79. The molecule has 0 saturated carbocycles. The molecule has 0 aliphatic heterocycles. The van der Waals surface area contributed by atoms with Gasteiger partial charge in [0, 0.05) is 21.8 Å². The highest BCUT2D eigenvalue weighted by Gasteiger charge is 2.09. The Morgan fingerprint density at radius 2 is 1.69 bits per heavy atom. The smallest absolute Gasteiger partial charge is 0.255 e. The second-order valence-corrected chi connectivity index (χ2v) is 6.65. The summed E-state index contributed by atoms with van der Waals surface area (Å²) >= 11 is 6.14. The summed E-state index contributed by atoms with van der Waals surface area (Å²) in [6.45, 7) is 4.36. The lowest BCUT2D eigenvalue weighted by atomic mass is 10.1. The van der Waals surface area contributed by atoms with Gasteiger partial charge in [0.25, 0.3) is 5.91 Å². The molecule has 4 heteroatoms. The number of carbonyl (C=O) groups is 1. The van der Waals surface area contributed by atoms with E-state index in [2.05, 4.69) is 11.4 Å². The number of ether oxygens (including phenoxy) is 1. The number of halogens is 1. The Bertz CT molecular complexity index is 917. The Morgan fingerprint density at radius 1 is 0.962 bits per heavy atom. The number of anilines is 1. The predicted molar refractivity (Wildman–Crippen MR) is 106 cm³/mol. The molecule has 0 aromatic heterocycles. The predicted octanol–water partition coefficient (Wildman–Crippen LogP) is 5.79. The van der Waals surface area contributed by atoms with Gasteiger partial charge in [-0.15, -0.1) is 0 Å². The quantitative estimate of drug-likeness (QED) is 0.621. The molecule has 3 aromatic carbocycles. The number of amides is 1. The number of hydrogen-bond acceptors (Lipinski definition) is 2. The molecule has 0 heterocycles. The largest absolute Gasteiger partial charge is 0.489 e. The number of nitrogens with one attached hydrogen (secondary N) is 1. The van der Waals surface area contributed by atoms with E-state index in [1.54, 1.807) is 18.2 Å². The van der Waals surface area contributed by atoms with Crippen LogP contribution in [0.15, 0.2) is 66.7 Å². The molecule has 0 spiro atoms. The maximum atomic E-state index is 12.5. The molecule has 3 nitrogen and oxygen atoms in total. The molecule has 0 fully saturated rings. The van der Waals surface area contributed by atoms with Crippen molar-refractivity contribution in [3.05, 3.63) is 94.0 Å². The minimum atomic E-state index is -0.168. The van der Waals surface area contributed by atoms with Crippen LogP contribution in [0.5, 0.6) is 5.75 Å². The van der Waals surface area contributed by atoms with Crippen molar-refractivity contribution in [2.24, 2.45) is 0 Å². The van der Waals surface area contributed by atoms with Gasteiger partial charge in [0.15, 0.2) is 0 Å². The van der Waals surface area contributed by atoms with E-state index in [0.29, 0.717) is 22.9 Å². The van der Waals surface area contributed by atoms with Crippen LogP contribution in [0.3, 0.4) is 0 Å². The van der Waals surface area contributed by atoms with Gasteiger partial charge in [-0.2, -0.15) is 0 Å². The van der Waals surface area contributed by atoms with Crippen LogP contribution in [0.25, 0.3) is 0 Å². The van der Waals surface area contributed by atoms with E-state index in [4.69, 9.17) is 16.3 Å². The van der Waals surface area contributed by atoms with Crippen molar-refractivity contribution < 1.29 is 9.53 Å². The van der Waals surface area contributed by atoms with Gasteiger partial charge in [-0.3, -0.25) is 4.79 Å². The van der Waals surface area contributed by atoms with Gasteiger partial charge >= 0.3 is 0 Å². The number of benzene rings is 3. The van der Waals surface area contributed by atoms with Crippen molar-refractivity contribution in [2.45, 2.75) is 20.5 Å². The molecule has 0 atom stereocenters. The third-order valence-corrected chi connectivity index (χ3v) is 4.30. The van der Waals surface area contributed by atoms with Gasteiger partial charge in [-0.05, 0) is 61.4 Å². The van der Waals surface area contributed by atoms with Crippen molar-refractivity contribution in [1.29, 1.82) is 0 Å². The van der Waals surface area contributed by atoms with Gasteiger partial charge in [0.05, 0.1) is 0 Å². The lowest BCUT2D eigenvalue weighted by Gasteiger charge is -2.10. The third-order valence-electron chi connectivity index (χ3n) is 3.93. The second-order valence-electron chi connectivity index (χ2n) is 6.24. The Balaban J connectivity index is 1.70. The molecule has 0 aliphatic rings. The number of carbonyl (C=O) groups excluding carboxylic acids is 1. The van der Waals surface area contributed by atoms with E-state index in [1.807, 2.05) is 56.3 Å². The van der Waals surface area contributed by atoms with Crippen molar-refractivity contribution in [3.8, 4) is 5.75 Å². The first-order valence-electron chi connectivity index (χ1n) is 8.37. The van der Waals surface area contributed by atoms with Crippen LogP contribution in [0, 0.1) is 13.8 Å². The molecule has 132 valence electrons. The normalized spacial score (nSPS) is 10.4. The molecule has 0 bridgehead atoms. The van der Waals surface area contributed by atoms with Crippen molar-refractivity contribution >= 4 is 23.2 Å². The number of hydrogen-bond donors (Lipinski definition) is 1. The lowest BCUT2D eigenvalue weighted by molar-refractivity contribution is 0.102. The first-order valence-corrected chi connectivity index (χ1v) is 8.75. The van der Waals surface area contributed by atoms with E-state index in [9.17, 15) is 4.79 Å². The number of aryl methyl sites for hydroxylation is 2. The first kappa shape index (κ1) is 18.0. The summed E-state index contributed by atoms with van der Waals surface area (Å²) in [6.07, 6.45) is 0. The molecular weight excluding hydrogens is 346 g/mol. The fourth-order valence-corrected chi connectivity index (χ4v) is 2.94. The maximum Gasteiger partial charge on any atom is 0.255 e. The molecule has 26 heavy (non-hydrogen) atoms. The van der Waals surface area contributed by atoms with E-state index in [1.165, 1.54) is 0 Å². The van der Waals surface area contributed by atoms with E-state index in [-0.39, 0.29) is 5.91 Å². The lowest BCUT2D eigenvalue weighted by Crippen LogP contribution is -2.12. The SMILES string of the molecule is Cc1cc(C)cc(NC(=O)c2cccc(OCc3ccccc3Cl)c2)c1. The van der Waals surface area contributed by atoms with Gasteiger partial charge < -0.3 is 10.1 Å². The Morgan fingerprint density at radius 3 is 2.42 bits per heavy atom. The standard InChI is InChI=1S/C22H20ClNO2/c1-15-10-16(2)12-19(11-15)24-22(25)17-7-5-8-20(13-17)26-14-18-6-3-4-9-21(18)23/h3-13H,14H2,1-2H3,(H,24,25). The zero-order chi connectivity index (χ0) is 18.5. The summed E-state index contributed by atoms with van der Waals surface area (Å²) in [5, 5.41) is 3.60. The Kier molecular flexibility index (Phi) is 5.59. The fraction of sp³-hybridized carbons (Fsp3) is 0.136. The molecule has 0 saturated heterocycles. The first-order chi connectivity index (χ1) is 12.5. The topological polar surface area (TPSA) is 38.3 Å². The molecule has 3 aromatic rings. The Labute approximate surface area is 158 Å². The average Bonchev–Trinajstić information content (AvgIpc) is 2.60. The summed E-state index contributed by atoms with van der Waals surface area (Å²) in [4.78, 5) is 12.5. The van der Waals surface area contributed by atoms with Gasteiger partial charge in [-0.25, -0.2) is 0 Å². The van der Waals surface area contributed by atoms with Gasteiger partial charge in [0.1, 0.15) is 12.4 Å².